The van der Waals surface area contributed by atoms with E-state index in [1.807, 2.05) is 54.6 Å². The van der Waals surface area contributed by atoms with Crippen LogP contribution in [-0.4, -0.2) is 53.7 Å². The number of ether oxygens (including phenoxy) is 1. The molecule has 5 rings (SSSR count). The van der Waals surface area contributed by atoms with Gasteiger partial charge in [-0.3, -0.25) is 4.90 Å². The van der Waals surface area contributed by atoms with Crippen LogP contribution in [0.5, 0.6) is 0 Å². The van der Waals surface area contributed by atoms with Gasteiger partial charge in [0.15, 0.2) is 6.10 Å². The van der Waals surface area contributed by atoms with Crippen molar-refractivity contribution in [1.29, 1.82) is 0 Å². The highest BCUT2D eigenvalue weighted by Crippen LogP contribution is 2.30. The molecule has 0 spiro atoms. The van der Waals surface area contributed by atoms with Crippen molar-refractivity contribution >= 4 is 23.6 Å². The Bertz CT molecular complexity index is 1390. The van der Waals surface area contributed by atoms with Gasteiger partial charge >= 0.3 is 12.2 Å². The summed E-state index contributed by atoms with van der Waals surface area (Å²) in [6, 6.07) is 24.5. The van der Waals surface area contributed by atoms with Gasteiger partial charge < -0.3 is 14.4 Å². The molecule has 2 amide bonds. The van der Waals surface area contributed by atoms with Crippen LogP contribution >= 0.6 is 0 Å². The largest absolute Gasteiger partial charge is 0.518 e. The van der Waals surface area contributed by atoms with Crippen molar-refractivity contribution in [2.75, 3.05) is 25.0 Å². The van der Waals surface area contributed by atoms with Crippen LogP contribution < -0.4 is 9.38 Å². The second-order valence-electron chi connectivity index (χ2n) is 8.87. The number of likely N-dealkylation sites (N-methyl/N-ethyl adjacent to an activating group) is 1. The molecule has 0 bridgehead atoms. The van der Waals surface area contributed by atoms with Crippen LogP contribution in [0.3, 0.4) is 0 Å². The fourth-order valence-electron chi connectivity index (χ4n) is 4.35. The third-order valence-corrected chi connectivity index (χ3v) is 6.37. The molecule has 2 atom stereocenters. The maximum absolute atomic E-state index is 12.6. The van der Waals surface area contributed by atoms with E-state index in [-0.39, 0.29) is 13.1 Å². The number of carbonyl (C=O) groups excluding carboxylic acids is 1. The Morgan fingerprint density at radius 2 is 1.64 bits per heavy atom. The summed E-state index contributed by atoms with van der Waals surface area (Å²) in [5, 5.41) is 14.0. The van der Waals surface area contributed by atoms with E-state index in [4.69, 9.17) is 9.26 Å². The molecule has 1 saturated heterocycles. The number of hydrogen-bond acceptors (Lipinski definition) is 6. The van der Waals surface area contributed by atoms with Gasteiger partial charge in [-0.25, -0.2) is 4.79 Å². The van der Waals surface area contributed by atoms with Gasteiger partial charge in [-0.05, 0) is 47.5 Å². The van der Waals surface area contributed by atoms with E-state index in [0.29, 0.717) is 23.1 Å². The predicted molar refractivity (Wildman–Crippen MR) is 135 cm³/mol. The molecule has 9 heteroatoms. The molecule has 2 unspecified atom stereocenters. The molecule has 0 radical (unpaired) electrons. The fourth-order valence-corrected chi connectivity index (χ4v) is 4.35. The minimum atomic E-state index is -1.03. The highest BCUT2D eigenvalue weighted by Gasteiger charge is 2.43. The molecule has 1 aliphatic heterocycles. The monoisotopic (exact) mass is 485 g/mol. The number of hydrogen-bond donors (Lipinski definition) is 1. The molecule has 9 nitrogen and oxygen atoms in total. The van der Waals surface area contributed by atoms with Crippen molar-refractivity contribution in [3.05, 3.63) is 84.8 Å². The average molecular weight is 486 g/mol. The molecule has 1 aromatic heterocycles. The average Bonchev–Trinajstić information content (AvgIpc) is 3.49. The van der Waals surface area contributed by atoms with Gasteiger partial charge in [0.1, 0.15) is 12.2 Å². The smallest absolute Gasteiger partial charge is 0.438 e. The van der Waals surface area contributed by atoms with Crippen molar-refractivity contribution in [2.24, 2.45) is 0 Å². The first-order valence-corrected chi connectivity index (χ1v) is 11.5. The zero-order chi connectivity index (χ0) is 25.3. The fraction of sp³-hybridized carbons (Fsp3) is 0.185. The molecule has 0 aliphatic carbocycles. The highest BCUT2D eigenvalue weighted by molar-refractivity contribution is 5.90. The normalized spacial score (nSPS) is 17.0. The number of quaternary nitrogens is 1. The molecule has 1 fully saturated rings. The van der Waals surface area contributed by atoms with E-state index in [9.17, 15) is 14.7 Å². The van der Waals surface area contributed by atoms with Gasteiger partial charge in [0.2, 0.25) is 11.7 Å². The number of carboxylic acid groups (broad SMARTS) is 1. The maximum Gasteiger partial charge on any atom is 0.518 e. The first-order valence-electron chi connectivity index (χ1n) is 11.5. The standard InChI is InChI=1S/C27H24N4O5/c1-18-28-25(29-36-18)21-8-12-22(13-9-21)30-16-24(35-26(30)32)17-31(2,27(33)34)23-14-10-20(11-15-23)19-6-4-3-5-7-19/h3-15,24H,16-17H2,1-2H3/p+1. The molecule has 4 aromatic rings. The Morgan fingerprint density at radius 3 is 2.25 bits per heavy atom. The van der Waals surface area contributed by atoms with Gasteiger partial charge in [0, 0.05) is 30.3 Å². The number of carbonyl (C=O) groups is 2. The van der Waals surface area contributed by atoms with Crippen molar-refractivity contribution in [1.82, 2.24) is 14.6 Å². The number of nitrogens with zero attached hydrogens (tertiary/aromatic N) is 4. The number of benzene rings is 3. The Hall–Kier alpha value is -4.50. The van der Waals surface area contributed by atoms with Crippen LogP contribution in [0.2, 0.25) is 0 Å². The third-order valence-electron chi connectivity index (χ3n) is 6.37. The van der Waals surface area contributed by atoms with E-state index in [0.717, 1.165) is 16.7 Å². The number of anilines is 1. The Labute approximate surface area is 207 Å². The molecule has 1 aliphatic rings. The van der Waals surface area contributed by atoms with Crippen molar-refractivity contribution < 1.29 is 24.0 Å². The molecule has 36 heavy (non-hydrogen) atoms. The summed E-state index contributed by atoms with van der Waals surface area (Å²) in [5.74, 6) is 0.933. The van der Waals surface area contributed by atoms with Crippen molar-refractivity contribution in [2.45, 2.75) is 13.0 Å². The topological polar surface area (TPSA) is 106 Å². The Morgan fingerprint density at radius 1 is 1.00 bits per heavy atom. The third kappa shape index (κ3) is 4.44. The van der Waals surface area contributed by atoms with Crippen LogP contribution in [0.25, 0.3) is 22.5 Å². The Balaban J connectivity index is 1.32. The summed E-state index contributed by atoms with van der Waals surface area (Å²) in [5.41, 5.74) is 4.04. The van der Waals surface area contributed by atoms with Gasteiger partial charge in [-0.1, -0.05) is 35.5 Å². The number of cyclic esters (lactones) is 1. The molecular weight excluding hydrogens is 460 g/mol. The van der Waals surface area contributed by atoms with E-state index in [1.165, 1.54) is 4.90 Å². The zero-order valence-corrected chi connectivity index (χ0v) is 19.9. The first-order chi connectivity index (χ1) is 17.3. The van der Waals surface area contributed by atoms with Crippen LogP contribution in [0.4, 0.5) is 21.0 Å². The summed E-state index contributed by atoms with van der Waals surface area (Å²) >= 11 is 0. The molecule has 1 N–H and O–H groups in total. The predicted octanol–water partition coefficient (Wildman–Crippen LogP) is 5.35. The quantitative estimate of drug-likeness (QED) is 0.367. The van der Waals surface area contributed by atoms with Gasteiger partial charge in [0.05, 0.1) is 13.6 Å². The number of amides is 2. The number of aryl methyl sites for hydroxylation is 1. The lowest BCUT2D eigenvalue weighted by Crippen LogP contribution is -2.54. The summed E-state index contributed by atoms with van der Waals surface area (Å²) in [6.07, 6.45) is -2.15. The number of rotatable bonds is 6. The minimum absolute atomic E-state index is 0.0858. The van der Waals surface area contributed by atoms with Crippen LogP contribution in [-0.2, 0) is 4.74 Å². The van der Waals surface area contributed by atoms with E-state index >= 15 is 0 Å². The summed E-state index contributed by atoms with van der Waals surface area (Å²) in [6.45, 7) is 2.04. The van der Waals surface area contributed by atoms with E-state index in [2.05, 4.69) is 10.1 Å². The second-order valence-corrected chi connectivity index (χ2v) is 8.87. The second kappa shape index (κ2) is 9.27. The highest BCUT2D eigenvalue weighted by atomic mass is 16.6. The summed E-state index contributed by atoms with van der Waals surface area (Å²) in [4.78, 5) is 30.7. The van der Waals surface area contributed by atoms with Crippen molar-refractivity contribution in [3.8, 4) is 22.5 Å². The summed E-state index contributed by atoms with van der Waals surface area (Å²) in [7, 11) is 1.61. The summed E-state index contributed by atoms with van der Waals surface area (Å²) < 4.78 is 10.2. The van der Waals surface area contributed by atoms with Crippen LogP contribution in [0.15, 0.2) is 83.4 Å². The number of aromatic nitrogens is 2. The lowest BCUT2D eigenvalue weighted by molar-refractivity contribution is 0.107. The van der Waals surface area contributed by atoms with Crippen LogP contribution in [0, 0.1) is 6.92 Å². The van der Waals surface area contributed by atoms with Crippen molar-refractivity contribution in [3.63, 3.8) is 0 Å². The first kappa shape index (κ1) is 23.3. The van der Waals surface area contributed by atoms with Gasteiger partial charge in [0.25, 0.3) is 0 Å². The molecule has 2 heterocycles. The Kier molecular flexibility index (Phi) is 5.99. The minimum Gasteiger partial charge on any atom is -0.438 e. The van der Waals surface area contributed by atoms with E-state index < -0.39 is 22.8 Å². The molecule has 0 saturated carbocycles. The molecule has 182 valence electrons. The van der Waals surface area contributed by atoms with Crippen LogP contribution in [0.1, 0.15) is 5.89 Å². The van der Waals surface area contributed by atoms with Gasteiger partial charge in [-0.15, -0.1) is 0 Å². The SMILES string of the molecule is Cc1nc(-c2ccc(N3CC(C[N+](C)(C(=O)O)c4ccc(-c5ccccc5)cc4)OC3=O)cc2)no1. The molecular formula is C27H25N4O5+. The lowest BCUT2D eigenvalue weighted by Gasteiger charge is -2.29. The zero-order valence-electron chi connectivity index (χ0n) is 19.9. The van der Waals surface area contributed by atoms with E-state index in [1.54, 1.807) is 38.2 Å². The van der Waals surface area contributed by atoms with Gasteiger partial charge in [-0.2, -0.15) is 14.3 Å². The lowest BCUT2D eigenvalue weighted by atomic mass is 10.0. The maximum atomic E-state index is 12.6. The molecule has 3 aromatic carbocycles.